The van der Waals surface area contributed by atoms with Crippen molar-refractivity contribution in [2.45, 2.75) is 6.92 Å². The van der Waals surface area contributed by atoms with Crippen LogP contribution < -0.4 is 4.74 Å². The number of hydrogen-bond acceptors (Lipinski definition) is 2. The summed E-state index contributed by atoms with van der Waals surface area (Å²) in [6, 6.07) is 5.36. The van der Waals surface area contributed by atoms with E-state index in [0.29, 0.717) is 10.8 Å². The van der Waals surface area contributed by atoms with Gasteiger partial charge in [0.2, 0.25) is 0 Å². The van der Waals surface area contributed by atoms with Crippen LogP contribution in [0.5, 0.6) is 5.75 Å². The first kappa shape index (κ1) is 13.3. The van der Waals surface area contributed by atoms with E-state index in [1.54, 1.807) is 25.3 Å². The molecule has 0 heterocycles. The zero-order chi connectivity index (χ0) is 12.8. The zero-order valence-electron chi connectivity index (χ0n) is 9.61. The van der Waals surface area contributed by atoms with E-state index in [4.69, 9.17) is 21.4 Å². The second-order valence-corrected chi connectivity index (χ2v) is 3.80. The highest BCUT2D eigenvalue weighted by Crippen LogP contribution is 2.27. The Kier molecular flexibility index (Phi) is 4.79. The normalized spacial score (nSPS) is 11.8. The molecule has 0 aliphatic rings. The number of allylic oxidation sites excluding steroid dienone is 3. The summed E-state index contributed by atoms with van der Waals surface area (Å²) >= 11 is 6.08. The maximum absolute atomic E-state index is 10.3. The first-order chi connectivity index (χ1) is 8.04. The van der Waals surface area contributed by atoms with Crippen LogP contribution in [0.2, 0.25) is 5.02 Å². The van der Waals surface area contributed by atoms with Crippen molar-refractivity contribution in [1.82, 2.24) is 0 Å². The van der Waals surface area contributed by atoms with Crippen molar-refractivity contribution in [2.75, 3.05) is 7.11 Å². The number of methoxy groups -OCH3 is 1. The lowest BCUT2D eigenvalue weighted by Crippen LogP contribution is -1.87. The van der Waals surface area contributed by atoms with Crippen LogP contribution in [0.1, 0.15) is 12.5 Å². The molecule has 3 nitrogen and oxygen atoms in total. The SMILES string of the molecule is COc1ccc(/C(C)=C/C=C/C(=O)O)c(Cl)c1. The van der Waals surface area contributed by atoms with Gasteiger partial charge in [0.25, 0.3) is 0 Å². The quantitative estimate of drug-likeness (QED) is 0.660. The Bertz CT molecular complexity index is 476. The average Bonchev–Trinajstić information content (AvgIpc) is 2.28. The average molecular weight is 253 g/mol. The van der Waals surface area contributed by atoms with Gasteiger partial charge in [0.1, 0.15) is 5.75 Å². The summed E-state index contributed by atoms with van der Waals surface area (Å²) in [5.74, 6) is -0.289. The van der Waals surface area contributed by atoms with Crippen molar-refractivity contribution in [3.63, 3.8) is 0 Å². The summed E-state index contributed by atoms with van der Waals surface area (Å²) in [6.07, 6.45) is 4.24. The van der Waals surface area contributed by atoms with Crippen LogP contribution in [0, 0.1) is 0 Å². The van der Waals surface area contributed by atoms with Gasteiger partial charge in [0.05, 0.1) is 12.1 Å². The highest BCUT2D eigenvalue weighted by atomic mass is 35.5. The van der Waals surface area contributed by atoms with Gasteiger partial charge in [-0.3, -0.25) is 0 Å². The van der Waals surface area contributed by atoms with E-state index >= 15 is 0 Å². The van der Waals surface area contributed by atoms with Crippen molar-refractivity contribution in [3.8, 4) is 5.75 Å². The largest absolute Gasteiger partial charge is 0.497 e. The van der Waals surface area contributed by atoms with Gasteiger partial charge >= 0.3 is 5.97 Å². The summed E-state index contributed by atoms with van der Waals surface area (Å²) in [5, 5.41) is 9.03. The molecule has 4 heteroatoms. The number of halogens is 1. The van der Waals surface area contributed by atoms with E-state index in [0.717, 1.165) is 17.2 Å². The second kappa shape index (κ2) is 6.11. The fraction of sp³-hybridized carbons (Fsp3) is 0.154. The molecule has 0 saturated heterocycles. The van der Waals surface area contributed by atoms with E-state index in [-0.39, 0.29) is 0 Å². The van der Waals surface area contributed by atoms with Crippen molar-refractivity contribution in [1.29, 1.82) is 0 Å². The van der Waals surface area contributed by atoms with Crippen LogP contribution in [0.4, 0.5) is 0 Å². The number of rotatable bonds is 4. The smallest absolute Gasteiger partial charge is 0.328 e. The van der Waals surface area contributed by atoms with Gasteiger partial charge in [-0.1, -0.05) is 23.8 Å². The highest BCUT2D eigenvalue weighted by Gasteiger charge is 2.03. The molecule has 0 spiro atoms. The Balaban J connectivity index is 2.96. The van der Waals surface area contributed by atoms with Gasteiger partial charge in [-0.25, -0.2) is 4.79 Å². The van der Waals surface area contributed by atoms with Crippen LogP contribution in [-0.2, 0) is 4.79 Å². The number of hydrogen-bond donors (Lipinski definition) is 1. The van der Waals surface area contributed by atoms with E-state index in [1.807, 2.05) is 13.0 Å². The minimum Gasteiger partial charge on any atom is -0.497 e. The van der Waals surface area contributed by atoms with Gasteiger partial charge < -0.3 is 9.84 Å². The second-order valence-electron chi connectivity index (χ2n) is 3.39. The van der Waals surface area contributed by atoms with Gasteiger partial charge in [0, 0.05) is 6.08 Å². The molecule has 0 bridgehead atoms. The number of carboxylic acid groups (broad SMARTS) is 1. The molecule has 0 saturated carbocycles. The molecule has 1 aromatic carbocycles. The molecular weight excluding hydrogens is 240 g/mol. The predicted octanol–water partition coefficient (Wildman–Crippen LogP) is 3.39. The van der Waals surface area contributed by atoms with Crippen molar-refractivity contribution < 1.29 is 14.6 Å². The molecule has 0 aliphatic carbocycles. The van der Waals surface area contributed by atoms with Crippen molar-refractivity contribution in [3.05, 3.63) is 47.0 Å². The van der Waals surface area contributed by atoms with Crippen LogP contribution >= 0.6 is 11.6 Å². The molecule has 0 aromatic heterocycles. The molecule has 0 aliphatic heterocycles. The minimum atomic E-state index is -0.977. The highest BCUT2D eigenvalue weighted by molar-refractivity contribution is 6.32. The Hall–Kier alpha value is -1.74. The van der Waals surface area contributed by atoms with Crippen LogP contribution in [-0.4, -0.2) is 18.2 Å². The predicted molar refractivity (Wildman–Crippen MR) is 68.4 cm³/mol. The van der Waals surface area contributed by atoms with Gasteiger partial charge in [-0.05, 0) is 36.3 Å². The molecule has 0 unspecified atom stereocenters. The van der Waals surface area contributed by atoms with Crippen molar-refractivity contribution >= 4 is 23.1 Å². The zero-order valence-corrected chi connectivity index (χ0v) is 10.4. The lowest BCUT2D eigenvalue weighted by molar-refractivity contribution is -0.131. The monoisotopic (exact) mass is 252 g/mol. The van der Waals surface area contributed by atoms with E-state index < -0.39 is 5.97 Å². The Morgan fingerprint density at radius 2 is 2.18 bits per heavy atom. The summed E-state index contributed by atoms with van der Waals surface area (Å²) in [6.45, 7) is 1.86. The molecule has 0 atom stereocenters. The fourth-order valence-electron chi connectivity index (χ4n) is 1.31. The molecule has 1 aromatic rings. The summed E-state index contributed by atoms with van der Waals surface area (Å²) < 4.78 is 5.05. The van der Waals surface area contributed by atoms with Gasteiger partial charge in [-0.15, -0.1) is 0 Å². The minimum absolute atomic E-state index is 0.571. The number of aliphatic carboxylic acids is 1. The first-order valence-corrected chi connectivity index (χ1v) is 5.34. The van der Waals surface area contributed by atoms with Crippen LogP contribution in [0.3, 0.4) is 0 Å². The Morgan fingerprint density at radius 1 is 1.47 bits per heavy atom. The number of benzene rings is 1. The molecule has 1 rings (SSSR count). The number of ether oxygens (including phenoxy) is 1. The number of carboxylic acids is 1. The molecule has 1 N–H and O–H groups in total. The third kappa shape index (κ3) is 3.96. The molecular formula is C13H13ClO3. The lowest BCUT2D eigenvalue weighted by Gasteiger charge is -2.06. The maximum atomic E-state index is 10.3. The summed E-state index contributed by atoms with van der Waals surface area (Å²) in [4.78, 5) is 10.3. The number of carbonyl (C=O) groups is 1. The Labute approximate surface area is 105 Å². The topological polar surface area (TPSA) is 46.5 Å². The fourth-order valence-corrected chi connectivity index (χ4v) is 1.63. The van der Waals surface area contributed by atoms with E-state index in [2.05, 4.69) is 0 Å². The lowest BCUT2D eigenvalue weighted by atomic mass is 10.1. The van der Waals surface area contributed by atoms with Crippen LogP contribution in [0.25, 0.3) is 5.57 Å². The van der Waals surface area contributed by atoms with Crippen molar-refractivity contribution in [2.24, 2.45) is 0 Å². The standard InChI is InChI=1S/C13H13ClO3/c1-9(4-3-5-13(15)16)11-7-6-10(17-2)8-12(11)14/h3-8H,1-2H3,(H,15,16)/b5-3+,9-4+. The van der Waals surface area contributed by atoms with E-state index in [9.17, 15) is 4.79 Å². The van der Waals surface area contributed by atoms with Gasteiger partial charge in [-0.2, -0.15) is 0 Å². The first-order valence-electron chi connectivity index (χ1n) is 4.96. The summed E-state index contributed by atoms with van der Waals surface area (Å²) in [5.41, 5.74) is 1.73. The molecule has 0 fully saturated rings. The van der Waals surface area contributed by atoms with E-state index in [1.165, 1.54) is 6.08 Å². The summed E-state index contributed by atoms with van der Waals surface area (Å²) in [7, 11) is 1.57. The molecule has 90 valence electrons. The van der Waals surface area contributed by atoms with Gasteiger partial charge in [0.15, 0.2) is 0 Å². The molecule has 0 radical (unpaired) electrons. The molecule has 17 heavy (non-hydrogen) atoms. The molecule has 0 amide bonds. The third-order valence-electron chi connectivity index (χ3n) is 2.19. The Morgan fingerprint density at radius 3 is 2.71 bits per heavy atom. The maximum Gasteiger partial charge on any atom is 0.328 e. The van der Waals surface area contributed by atoms with Crippen LogP contribution in [0.15, 0.2) is 36.4 Å². The third-order valence-corrected chi connectivity index (χ3v) is 2.50.